The summed E-state index contributed by atoms with van der Waals surface area (Å²) in [4.78, 5) is 12.0. The molecule has 126 valence electrons. The van der Waals surface area contributed by atoms with Gasteiger partial charge in [0.15, 0.2) is 5.11 Å². The second-order valence-electron chi connectivity index (χ2n) is 5.99. The number of hydrogen-bond acceptors (Lipinski definition) is 3. The normalized spacial score (nSPS) is 15.6. The van der Waals surface area contributed by atoms with E-state index >= 15 is 0 Å². The Balaban J connectivity index is 2.00. The lowest BCUT2D eigenvalue weighted by Crippen LogP contribution is -2.37. The van der Waals surface area contributed by atoms with E-state index in [0.29, 0.717) is 23.3 Å². The van der Waals surface area contributed by atoms with Crippen molar-refractivity contribution in [1.29, 1.82) is 0 Å². The number of esters is 1. The molecule has 0 bridgehead atoms. The van der Waals surface area contributed by atoms with Crippen molar-refractivity contribution in [2.75, 3.05) is 11.9 Å². The summed E-state index contributed by atoms with van der Waals surface area (Å²) < 4.78 is 5.09. The second kappa shape index (κ2) is 8.87. The van der Waals surface area contributed by atoms with Crippen LogP contribution in [-0.2, 0) is 4.74 Å². The average Bonchev–Trinajstić information content (AvgIpc) is 2.78. The van der Waals surface area contributed by atoms with Crippen LogP contribution in [0.3, 0.4) is 0 Å². The molecule has 2 N–H and O–H groups in total. The molecule has 0 aliphatic heterocycles. The topological polar surface area (TPSA) is 50.4 Å². The highest BCUT2D eigenvalue weighted by molar-refractivity contribution is 7.80. The summed E-state index contributed by atoms with van der Waals surface area (Å²) in [5, 5.41) is 7.27. The Kier molecular flexibility index (Phi) is 6.84. The molecule has 1 aliphatic rings. The molecule has 0 atom stereocenters. The minimum atomic E-state index is -0.295. The van der Waals surface area contributed by atoms with Gasteiger partial charge in [-0.3, -0.25) is 0 Å². The first-order chi connectivity index (χ1) is 11.1. The van der Waals surface area contributed by atoms with E-state index in [0.717, 1.165) is 11.3 Å². The third-order valence-corrected chi connectivity index (χ3v) is 4.49. The number of anilines is 1. The molecule has 0 radical (unpaired) electrons. The maximum Gasteiger partial charge on any atom is 0.338 e. The highest BCUT2D eigenvalue weighted by Gasteiger charge is 2.15. The molecule has 0 spiro atoms. The van der Waals surface area contributed by atoms with Gasteiger partial charge in [0.25, 0.3) is 0 Å². The predicted molar refractivity (Wildman–Crippen MR) is 98.0 cm³/mol. The lowest BCUT2D eigenvalue weighted by atomic mass is 10.1. The molecule has 0 saturated heterocycles. The van der Waals surface area contributed by atoms with Crippen molar-refractivity contribution in [1.82, 2.24) is 5.32 Å². The Hall–Kier alpha value is -1.62. The first kappa shape index (κ1) is 17.7. The van der Waals surface area contributed by atoms with Crippen molar-refractivity contribution >= 4 is 29.0 Å². The fourth-order valence-electron chi connectivity index (χ4n) is 2.97. The second-order valence-corrected chi connectivity index (χ2v) is 6.39. The molecule has 1 saturated carbocycles. The number of rotatable bonds is 4. The molecule has 0 aromatic heterocycles. The highest BCUT2D eigenvalue weighted by Crippen LogP contribution is 2.21. The quantitative estimate of drug-likeness (QED) is 0.491. The minimum Gasteiger partial charge on any atom is -0.462 e. The van der Waals surface area contributed by atoms with E-state index in [1.807, 2.05) is 19.1 Å². The van der Waals surface area contributed by atoms with Crippen molar-refractivity contribution in [3.63, 3.8) is 0 Å². The Morgan fingerprint density at radius 3 is 2.61 bits per heavy atom. The van der Waals surface area contributed by atoms with Crippen LogP contribution in [0.15, 0.2) is 18.2 Å². The largest absolute Gasteiger partial charge is 0.462 e. The zero-order chi connectivity index (χ0) is 16.7. The molecule has 2 rings (SSSR count). The molecule has 1 aliphatic carbocycles. The van der Waals surface area contributed by atoms with Crippen LogP contribution in [0.25, 0.3) is 0 Å². The van der Waals surface area contributed by atoms with Gasteiger partial charge in [-0.05, 0) is 56.6 Å². The zero-order valence-electron chi connectivity index (χ0n) is 14.0. The van der Waals surface area contributed by atoms with E-state index in [2.05, 4.69) is 10.6 Å². The van der Waals surface area contributed by atoms with Gasteiger partial charge in [-0.2, -0.15) is 0 Å². The Morgan fingerprint density at radius 1 is 1.26 bits per heavy atom. The van der Waals surface area contributed by atoms with E-state index in [1.54, 1.807) is 13.0 Å². The number of carbonyl (C=O) groups excluding carboxylic acids is 1. The summed E-state index contributed by atoms with van der Waals surface area (Å²) in [5.41, 5.74) is 2.28. The predicted octanol–water partition coefficient (Wildman–Crippen LogP) is 4.18. The van der Waals surface area contributed by atoms with Crippen molar-refractivity contribution < 1.29 is 9.53 Å². The molecular weight excluding hydrogens is 308 g/mol. The average molecular weight is 334 g/mol. The van der Waals surface area contributed by atoms with Crippen molar-refractivity contribution in [3.8, 4) is 0 Å². The van der Waals surface area contributed by atoms with E-state index in [9.17, 15) is 4.79 Å². The lowest BCUT2D eigenvalue weighted by molar-refractivity contribution is 0.0525. The summed E-state index contributed by atoms with van der Waals surface area (Å²) >= 11 is 5.44. The van der Waals surface area contributed by atoms with Gasteiger partial charge in [0.2, 0.25) is 0 Å². The molecule has 1 fully saturated rings. The molecule has 0 heterocycles. The van der Waals surface area contributed by atoms with Crippen LogP contribution in [0, 0.1) is 6.92 Å². The van der Waals surface area contributed by atoms with Crippen LogP contribution in [0.4, 0.5) is 5.69 Å². The Bertz CT molecular complexity index is 552. The molecule has 0 amide bonds. The molecule has 4 nitrogen and oxygen atoms in total. The lowest BCUT2D eigenvalue weighted by Gasteiger charge is -2.20. The van der Waals surface area contributed by atoms with Gasteiger partial charge >= 0.3 is 5.97 Å². The summed E-state index contributed by atoms with van der Waals surface area (Å²) in [7, 11) is 0. The van der Waals surface area contributed by atoms with Gasteiger partial charge in [0.05, 0.1) is 12.2 Å². The Labute approximate surface area is 144 Å². The molecule has 23 heavy (non-hydrogen) atoms. The van der Waals surface area contributed by atoms with Crippen molar-refractivity contribution in [3.05, 3.63) is 29.3 Å². The third-order valence-electron chi connectivity index (χ3n) is 4.27. The SMILES string of the molecule is CCOC(=O)c1cccc(NC(=S)NC2CCCCCC2)c1C. The van der Waals surface area contributed by atoms with Crippen LogP contribution in [0.2, 0.25) is 0 Å². The summed E-state index contributed by atoms with van der Waals surface area (Å²) in [5.74, 6) is -0.295. The third kappa shape index (κ3) is 5.20. The van der Waals surface area contributed by atoms with Crippen LogP contribution < -0.4 is 10.6 Å². The van der Waals surface area contributed by atoms with Gasteiger partial charge < -0.3 is 15.4 Å². The molecule has 1 aromatic carbocycles. The number of thiocarbonyl (C=S) groups is 1. The standard InChI is InChI=1S/C18H26N2O2S/c1-3-22-17(21)15-11-8-12-16(13(15)2)20-18(23)19-14-9-6-4-5-7-10-14/h8,11-12,14H,3-7,9-10H2,1-2H3,(H2,19,20,23). The molecule has 5 heteroatoms. The maximum absolute atomic E-state index is 12.0. The van der Waals surface area contributed by atoms with E-state index in [4.69, 9.17) is 17.0 Å². The van der Waals surface area contributed by atoms with Crippen molar-refractivity contribution in [2.24, 2.45) is 0 Å². The summed E-state index contributed by atoms with van der Waals surface area (Å²) in [6, 6.07) is 6.00. The number of benzene rings is 1. The van der Waals surface area contributed by atoms with Crippen LogP contribution >= 0.6 is 12.2 Å². The zero-order valence-corrected chi connectivity index (χ0v) is 14.8. The highest BCUT2D eigenvalue weighted by atomic mass is 32.1. The van der Waals surface area contributed by atoms with Crippen LogP contribution in [-0.4, -0.2) is 23.7 Å². The van der Waals surface area contributed by atoms with Gasteiger partial charge in [-0.25, -0.2) is 4.79 Å². The van der Waals surface area contributed by atoms with Gasteiger partial charge in [-0.1, -0.05) is 31.7 Å². The molecular formula is C18H26N2O2S. The smallest absolute Gasteiger partial charge is 0.338 e. The van der Waals surface area contributed by atoms with Gasteiger partial charge in [0.1, 0.15) is 0 Å². The fourth-order valence-corrected chi connectivity index (χ4v) is 3.25. The number of ether oxygens (including phenoxy) is 1. The van der Waals surface area contributed by atoms with E-state index < -0.39 is 0 Å². The van der Waals surface area contributed by atoms with Crippen LogP contribution in [0.5, 0.6) is 0 Å². The van der Waals surface area contributed by atoms with Crippen LogP contribution in [0.1, 0.15) is 61.4 Å². The summed E-state index contributed by atoms with van der Waals surface area (Å²) in [6.07, 6.45) is 7.50. The van der Waals surface area contributed by atoms with Crippen molar-refractivity contribution in [2.45, 2.75) is 58.4 Å². The Morgan fingerprint density at radius 2 is 1.96 bits per heavy atom. The maximum atomic E-state index is 12.0. The van der Waals surface area contributed by atoms with E-state index in [-0.39, 0.29) is 5.97 Å². The van der Waals surface area contributed by atoms with Gasteiger partial charge in [-0.15, -0.1) is 0 Å². The summed E-state index contributed by atoms with van der Waals surface area (Å²) in [6.45, 7) is 4.08. The molecule has 0 unspecified atom stereocenters. The first-order valence-corrected chi connectivity index (χ1v) is 8.87. The fraction of sp³-hybridized carbons (Fsp3) is 0.556. The monoisotopic (exact) mass is 334 g/mol. The van der Waals surface area contributed by atoms with Gasteiger partial charge in [0, 0.05) is 11.7 Å². The first-order valence-electron chi connectivity index (χ1n) is 8.46. The van der Waals surface area contributed by atoms with E-state index in [1.165, 1.54) is 38.5 Å². The number of nitrogens with one attached hydrogen (secondary N) is 2. The molecule has 1 aromatic rings. The number of hydrogen-bond donors (Lipinski definition) is 2. The minimum absolute atomic E-state index is 0.295. The number of carbonyl (C=O) groups is 1.